The molecule has 2 unspecified atom stereocenters. The third-order valence-electron chi connectivity index (χ3n) is 5.43. The quantitative estimate of drug-likeness (QED) is 0.509. The smallest absolute Gasteiger partial charge is 0.166 e. The molecule has 2 atom stereocenters. The molecule has 1 aromatic heterocycles. The topological polar surface area (TPSA) is 71.6 Å². The van der Waals surface area contributed by atoms with Gasteiger partial charge in [-0.05, 0) is 54.9 Å². The molecule has 0 aliphatic carbocycles. The van der Waals surface area contributed by atoms with Gasteiger partial charge in [-0.3, -0.25) is 4.90 Å². The van der Waals surface area contributed by atoms with Crippen LogP contribution < -0.4 is 10.5 Å². The summed E-state index contributed by atoms with van der Waals surface area (Å²) in [7, 11) is 1.98. The molecule has 1 aliphatic heterocycles. The van der Waals surface area contributed by atoms with Crippen LogP contribution in [0.15, 0.2) is 42.6 Å². The minimum Gasteiger partial charge on any atom is -0.482 e. The van der Waals surface area contributed by atoms with Gasteiger partial charge in [-0.1, -0.05) is 35.3 Å². The van der Waals surface area contributed by atoms with Crippen LogP contribution in [0.1, 0.15) is 35.8 Å². The van der Waals surface area contributed by atoms with E-state index in [2.05, 4.69) is 9.88 Å². The van der Waals surface area contributed by atoms with E-state index in [-0.39, 0.29) is 10.8 Å². The predicted octanol–water partition coefficient (Wildman–Crippen LogP) is 5.40. The first-order valence-electron chi connectivity index (χ1n) is 9.80. The molecule has 0 amide bonds. The molecule has 0 saturated heterocycles. The third kappa shape index (κ3) is 4.34. The summed E-state index contributed by atoms with van der Waals surface area (Å²) < 4.78 is 19.9. The number of anilines is 1. The van der Waals surface area contributed by atoms with Crippen molar-refractivity contribution in [2.45, 2.75) is 25.7 Å². The van der Waals surface area contributed by atoms with Crippen LogP contribution in [0.25, 0.3) is 11.1 Å². The van der Waals surface area contributed by atoms with Crippen molar-refractivity contribution in [3.05, 3.63) is 75.1 Å². The second kappa shape index (κ2) is 8.63. The Balaban J connectivity index is 1.66. The molecule has 3 N–H and O–H groups in total. The fourth-order valence-corrected chi connectivity index (χ4v) is 4.53. The summed E-state index contributed by atoms with van der Waals surface area (Å²) >= 11 is 12.3. The number of halogens is 3. The van der Waals surface area contributed by atoms with E-state index in [0.717, 1.165) is 28.8 Å². The maximum Gasteiger partial charge on any atom is 0.166 e. The van der Waals surface area contributed by atoms with E-state index >= 15 is 0 Å². The molecule has 0 radical (unpaired) electrons. The SMILES string of the molecule is CC(Oc1cc(-c2ccc3c(c2)C(O)CN(C)C3)cnc1N)c1c(Cl)ccc(F)c1Cl. The molecular formula is C23H22Cl2FN3O2. The van der Waals surface area contributed by atoms with Gasteiger partial charge >= 0.3 is 0 Å². The van der Waals surface area contributed by atoms with Crippen LogP contribution >= 0.6 is 23.2 Å². The lowest BCUT2D eigenvalue weighted by molar-refractivity contribution is 0.108. The Bertz CT molecular complexity index is 1140. The zero-order valence-corrected chi connectivity index (χ0v) is 18.6. The fraction of sp³-hybridized carbons (Fsp3) is 0.261. The number of nitrogens with two attached hydrogens (primary N) is 1. The maximum atomic E-state index is 13.9. The Labute approximate surface area is 190 Å². The van der Waals surface area contributed by atoms with Crippen LogP contribution in [-0.4, -0.2) is 28.6 Å². The summed E-state index contributed by atoms with van der Waals surface area (Å²) in [4.78, 5) is 6.33. The van der Waals surface area contributed by atoms with Crippen molar-refractivity contribution in [2.24, 2.45) is 0 Å². The van der Waals surface area contributed by atoms with Crippen LogP contribution in [-0.2, 0) is 6.54 Å². The molecule has 1 aliphatic rings. The number of β-amino-alcohol motifs (C(OH)–C–C–N with tert-alkyl or cyclic N) is 1. The van der Waals surface area contributed by atoms with Crippen molar-refractivity contribution in [2.75, 3.05) is 19.3 Å². The van der Waals surface area contributed by atoms with E-state index < -0.39 is 18.0 Å². The largest absolute Gasteiger partial charge is 0.482 e. The number of nitrogen functional groups attached to an aromatic ring is 1. The number of likely N-dealkylation sites (N-methyl/N-ethyl adjacent to an activating group) is 1. The van der Waals surface area contributed by atoms with Crippen molar-refractivity contribution >= 4 is 29.0 Å². The van der Waals surface area contributed by atoms with E-state index in [0.29, 0.717) is 22.9 Å². The third-order valence-corrected chi connectivity index (χ3v) is 6.15. The molecule has 2 aromatic carbocycles. The van der Waals surface area contributed by atoms with Gasteiger partial charge in [0, 0.05) is 35.4 Å². The number of hydrogen-bond acceptors (Lipinski definition) is 5. The minimum atomic E-state index is -0.657. The van der Waals surface area contributed by atoms with E-state index in [4.69, 9.17) is 33.7 Å². The Morgan fingerprint density at radius 2 is 2.00 bits per heavy atom. The molecule has 0 fully saturated rings. The Morgan fingerprint density at radius 3 is 2.77 bits per heavy atom. The molecule has 8 heteroatoms. The fourth-order valence-electron chi connectivity index (χ4n) is 3.85. The highest BCUT2D eigenvalue weighted by Crippen LogP contribution is 2.37. The first-order chi connectivity index (χ1) is 14.7. The first-order valence-corrected chi connectivity index (χ1v) is 10.6. The number of benzene rings is 2. The average Bonchev–Trinajstić information content (AvgIpc) is 2.72. The van der Waals surface area contributed by atoms with Crippen LogP contribution in [0.2, 0.25) is 10.0 Å². The van der Waals surface area contributed by atoms with Gasteiger partial charge in [0.1, 0.15) is 11.9 Å². The van der Waals surface area contributed by atoms with E-state index in [1.165, 1.54) is 12.1 Å². The lowest BCUT2D eigenvalue weighted by Gasteiger charge is -2.29. The number of nitrogens with zero attached hydrogens (tertiary/aromatic N) is 2. The highest BCUT2D eigenvalue weighted by atomic mass is 35.5. The monoisotopic (exact) mass is 461 g/mol. The molecule has 2 heterocycles. The zero-order chi connectivity index (χ0) is 22.3. The van der Waals surface area contributed by atoms with Crippen molar-refractivity contribution in [1.82, 2.24) is 9.88 Å². The van der Waals surface area contributed by atoms with Crippen LogP contribution in [0, 0.1) is 5.82 Å². The second-order valence-corrected chi connectivity index (χ2v) is 8.54. The summed E-state index contributed by atoms with van der Waals surface area (Å²) in [5.74, 6) is -0.0482. The van der Waals surface area contributed by atoms with Gasteiger partial charge in [0.15, 0.2) is 11.6 Å². The molecule has 3 aromatic rings. The van der Waals surface area contributed by atoms with Crippen LogP contribution in [0.4, 0.5) is 10.2 Å². The molecule has 0 bridgehead atoms. The van der Waals surface area contributed by atoms with Gasteiger partial charge in [-0.25, -0.2) is 9.37 Å². The Morgan fingerprint density at radius 1 is 1.23 bits per heavy atom. The number of aliphatic hydroxyl groups is 1. The van der Waals surface area contributed by atoms with Gasteiger partial charge in [0.25, 0.3) is 0 Å². The van der Waals surface area contributed by atoms with Crippen molar-refractivity contribution < 1.29 is 14.2 Å². The number of pyridine rings is 1. The molecule has 0 saturated carbocycles. The minimum absolute atomic E-state index is 0.0867. The molecular weight excluding hydrogens is 440 g/mol. The zero-order valence-electron chi connectivity index (χ0n) is 17.1. The summed E-state index contributed by atoms with van der Waals surface area (Å²) in [6, 6.07) is 10.4. The summed E-state index contributed by atoms with van der Waals surface area (Å²) in [6.45, 7) is 3.08. The summed E-state index contributed by atoms with van der Waals surface area (Å²) in [6.07, 6.45) is 0.442. The Hall–Kier alpha value is -2.38. The molecule has 4 rings (SSSR count). The highest BCUT2D eigenvalue weighted by Gasteiger charge is 2.23. The maximum absolute atomic E-state index is 13.9. The van der Waals surface area contributed by atoms with Crippen molar-refractivity contribution in [1.29, 1.82) is 0 Å². The predicted molar refractivity (Wildman–Crippen MR) is 121 cm³/mol. The number of ether oxygens (including phenoxy) is 1. The number of hydrogen-bond donors (Lipinski definition) is 2. The second-order valence-electron chi connectivity index (χ2n) is 7.75. The van der Waals surface area contributed by atoms with E-state index in [1.807, 2.05) is 25.2 Å². The molecule has 5 nitrogen and oxygen atoms in total. The van der Waals surface area contributed by atoms with Gasteiger partial charge in [-0.2, -0.15) is 0 Å². The van der Waals surface area contributed by atoms with Crippen molar-refractivity contribution in [3.8, 4) is 16.9 Å². The molecule has 162 valence electrons. The van der Waals surface area contributed by atoms with Gasteiger partial charge in [-0.15, -0.1) is 0 Å². The Kier molecular flexibility index (Phi) is 6.08. The lowest BCUT2D eigenvalue weighted by Crippen LogP contribution is -2.30. The summed E-state index contributed by atoms with van der Waals surface area (Å²) in [5.41, 5.74) is 10.0. The first kappa shape index (κ1) is 21.8. The van der Waals surface area contributed by atoms with Gasteiger partial charge < -0.3 is 15.6 Å². The highest BCUT2D eigenvalue weighted by molar-refractivity contribution is 6.36. The van der Waals surface area contributed by atoms with Crippen LogP contribution in [0.5, 0.6) is 5.75 Å². The lowest BCUT2D eigenvalue weighted by atomic mass is 9.93. The number of aromatic nitrogens is 1. The van der Waals surface area contributed by atoms with Crippen LogP contribution in [0.3, 0.4) is 0 Å². The number of rotatable bonds is 4. The average molecular weight is 462 g/mol. The molecule has 0 spiro atoms. The van der Waals surface area contributed by atoms with Crippen molar-refractivity contribution in [3.63, 3.8) is 0 Å². The van der Waals surface area contributed by atoms with E-state index in [9.17, 15) is 9.50 Å². The van der Waals surface area contributed by atoms with E-state index in [1.54, 1.807) is 19.2 Å². The number of aliphatic hydroxyl groups excluding tert-OH is 1. The summed E-state index contributed by atoms with van der Waals surface area (Å²) in [5, 5.41) is 10.7. The normalized spacial score (nSPS) is 17.3. The number of fused-ring (bicyclic) bond motifs is 1. The van der Waals surface area contributed by atoms with Gasteiger partial charge in [0.05, 0.1) is 11.1 Å². The standard InChI is InChI=1S/C23H22Cl2FN3O2/c1-12(21-17(24)5-6-18(26)22(21)25)31-20-8-15(9-28-23(20)27)13-3-4-14-10-29(2)11-19(30)16(14)7-13/h3-9,12,19,30H,10-11H2,1-2H3,(H2,27,28). The van der Waals surface area contributed by atoms with Gasteiger partial charge in [0.2, 0.25) is 0 Å². The molecule has 31 heavy (non-hydrogen) atoms.